The molecule has 0 saturated carbocycles. The fourth-order valence-corrected chi connectivity index (χ4v) is 2.76. The fraction of sp³-hybridized carbons (Fsp3) is 0.909. The minimum Gasteiger partial charge on any atom is -0.355 e. The monoisotopic (exact) mass is 230 g/mol. The van der Waals surface area contributed by atoms with Crippen LogP contribution in [0.25, 0.3) is 0 Å². The van der Waals surface area contributed by atoms with Crippen molar-refractivity contribution < 1.29 is 4.79 Å². The van der Waals surface area contributed by atoms with Crippen molar-refractivity contribution in [2.75, 3.05) is 12.3 Å². The van der Waals surface area contributed by atoms with Crippen molar-refractivity contribution in [2.45, 2.75) is 50.3 Å². The number of amides is 1. The Labute approximate surface area is 96.6 Å². The standard InChI is InChI=1S/C11H22N2OS/c1-11(2,12)6-5-10(14)13-8-9-4-3-7-15-9/h9H,3-8,12H2,1-2H3,(H,13,14). The molecular formula is C11H22N2OS. The van der Waals surface area contributed by atoms with Crippen molar-refractivity contribution in [3.63, 3.8) is 0 Å². The van der Waals surface area contributed by atoms with Gasteiger partial charge in [-0.25, -0.2) is 0 Å². The van der Waals surface area contributed by atoms with E-state index in [1.807, 2.05) is 25.6 Å². The van der Waals surface area contributed by atoms with Gasteiger partial charge >= 0.3 is 0 Å². The van der Waals surface area contributed by atoms with E-state index in [0.29, 0.717) is 11.7 Å². The molecule has 1 heterocycles. The molecule has 0 aliphatic carbocycles. The smallest absolute Gasteiger partial charge is 0.220 e. The van der Waals surface area contributed by atoms with Gasteiger partial charge in [-0.05, 0) is 38.9 Å². The Hall–Kier alpha value is -0.220. The molecule has 1 amide bonds. The van der Waals surface area contributed by atoms with Gasteiger partial charge in [-0.2, -0.15) is 11.8 Å². The van der Waals surface area contributed by atoms with Crippen molar-refractivity contribution in [3.05, 3.63) is 0 Å². The molecule has 88 valence electrons. The molecule has 3 nitrogen and oxygen atoms in total. The summed E-state index contributed by atoms with van der Waals surface area (Å²) < 4.78 is 0. The molecular weight excluding hydrogens is 208 g/mol. The second kappa shape index (κ2) is 5.75. The summed E-state index contributed by atoms with van der Waals surface area (Å²) >= 11 is 1.97. The van der Waals surface area contributed by atoms with Crippen LogP contribution in [0.5, 0.6) is 0 Å². The van der Waals surface area contributed by atoms with Crippen LogP contribution in [0, 0.1) is 0 Å². The van der Waals surface area contributed by atoms with E-state index in [2.05, 4.69) is 5.32 Å². The SMILES string of the molecule is CC(C)(N)CCC(=O)NCC1CCCS1. The summed E-state index contributed by atoms with van der Waals surface area (Å²) in [4.78, 5) is 11.5. The van der Waals surface area contributed by atoms with Gasteiger partial charge in [0.25, 0.3) is 0 Å². The Balaban J connectivity index is 2.08. The van der Waals surface area contributed by atoms with E-state index >= 15 is 0 Å². The number of hydrogen-bond donors (Lipinski definition) is 2. The minimum absolute atomic E-state index is 0.140. The molecule has 4 heteroatoms. The molecule has 1 unspecified atom stereocenters. The van der Waals surface area contributed by atoms with Crippen LogP contribution in [-0.4, -0.2) is 29.0 Å². The first-order valence-electron chi connectivity index (χ1n) is 5.64. The molecule has 0 bridgehead atoms. The number of rotatable bonds is 5. The van der Waals surface area contributed by atoms with E-state index < -0.39 is 0 Å². The highest BCUT2D eigenvalue weighted by atomic mass is 32.2. The van der Waals surface area contributed by atoms with Crippen molar-refractivity contribution in [2.24, 2.45) is 5.73 Å². The van der Waals surface area contributed by atoms with Crippen molar-refractivity contribution in [3.8, 4) is 0 Å². The van der Waals surface area contributed by atoms with Gasteiger partial charge in [0.05, 0.1) is 0 Å². The second-order valence-corrected chi connectivity index (χ2v) is 6.34. The van der Waals surface area contributed by atoms with Crippen LogP contribution >= 0.6 is 11.8 Å². The van der Waals surface area contributed by atoms with Crippen LogP contribution < -0.4 is 11.1 Å². The van der Waals surface area contributed by atoms with Crippen molar-refractivity contribution in [1.29, 1.82) is 0 Å². The average molecular weight is 230 g/mol. The highest BCUT2D eigenvalue weighted by molar-refractivity contribution is 8.00. The molecule has 1 rings (SSSR count). The Morgan fingerprint density at radius 3 is 2.87 bits per heavy atom. The third-order valence-corrected chi connectivity index (χ3v) is 3.95. The second-order valence-electron chi connectivity index (χ2n) is 4.93. The quantitative estimate of drug-likeness (QED) is 0.753. The maximum Gasteiger partial charge on any atom is 0.220 e. The molecule has 3 N–H and O–H groups in total. The lowest BCUT2D eigenvalue weighted by molar-refractivity contribution is -0.121. The summed E-state index contributed by atoms with van der Waals surface area (Å²) in [7, 11) is 0. The molecule has 1 fully saturated rings. The number of nitrogens with one attached hydrogen (secondary N) is 1. The maximum absolute atomic E-state index is 11.5. The van der Waals surface area contributed by atoms with E-state index in [1.54, 1.807) is 0 Å². The molecule has 0 aromatic carbocycles. The summed E-state index contributed by atoms with van der Waals surface area (Å²) in [5, 5.41) is 3.62. The zero-order chi connectivity index (χ0) is 11.3. The van der Waals surface area contributed by atoms with Crippen molar-refractivity contribution >= 4 is 17.7 Å². The van der Waals surface area contributed by atoms with Gasteiger partial charge in [-0.1, -0.05) is 0 Å². The van der Waals surface area contributed by atoms with Gasteiger partial charge in [-0.3, -0.25) is 4.79 Å². The lowest BCUT2D eigenvalue weighted by atomic mass is 10.00. The lowest BCUT2D eigenvalue weighted by Crippen LogP contribution is -2.35. The largest absolute Gasteiger partial charge is 0.355 e. The van der Waals surface area contributed by atoms with Crippen LogP contribution in [0.15, 0.2) is 0 Å². The van der Waals surface area contributed by atoms with Crippen LogP contribution in [0.4, 0.5) is 0 Å². The van der Waals surface area contributed by atoms with E-state index in [4.69, 9.17) is 5.73 Å². The average Bonchev–Trinajstić information content (AvgIpc) is 2.62. The number of nitrogens with two attached hydrogens (primary N) is 1. The van der Waals surface area contributed by atoms with E-state index in [0.717, 1.165) is 13.0 Å². The van der Waals surface area contributed by atoms with Crippen molar-refractivity contribution in [1.82, 2.24) is 5.32 Å². The molecule has 1 atom stereocenters. The number of hydrogen-bond acceptors (Lipinski definition) is 3. The van der Waals surface area contributed by atoms with Crippen LogP contribution in [0.3, 0.4) is 0 Å². The Kier molecular flexibility index (Phi) is 4.93. The first-order chi connectivity index (χ1) is 6.97. The van der Waals surface area contributed by atoms with Crippen LogP contribution in [0.1, 0.15) is 39.5 Å². The first-order valence-corrected chi connectivity index (χ1v) is 6.69. The summed E-state index contributed by atoms with van der Waals surface area (Å²) in [6, 6.07) is 0. The first kappa shape index (κ1) is 12.8. The van der Waals surface area contributed by atoms with Gasteiger partial charge in [0.1, 0.15) is 0 Å². The molecule has 15 heavy (non-hydrogen) atoms. The molecule has 1 aliphatic heterocycles. The Bertz CT molecular complexity index is 207. The Morgan fingerprint density at radius 2 is 2.33 bits per heavy atom. The van der Waals surface area contributed by atoms with Gasteiger partial charge in [0.2, 0.25) is 5.91 Å². The summed E-state index contributed by atoms with van der Waals surface area (Å²) in [5.74, 6) is 1.39. The molecule has 0 aromatic rings. The molecule has 1 saturated heterocycles. The topological polar surface area (TPSA) is 55.1 Å². The minimum atomic E-state index is -0.237. The van der Waals surface area contributed by atoms with E-state index in [1.165, 1.54) is 18.6 Å². The van der Waals surface area contributed by atoms with Gasteiger partial charge in [-0.15, -0.1) is 0 Å². The Morgan fingerprint density at radius 1 is 1.60 bits per heavy atom. The summed E-state index contributed by atoms with van der Waals surface area (Å²) in [5.41, 5.74) is 5.58. The van der Waals surface area contributed by atoms with E-state index in [9.17, 15) is 4.79 Å². The number of carbonyl (C=O) groups is 1. The number of carbonyl (C=O) groups excluding carboxylic acids is 1. The zero-order valence-electron chi connectivity index (χ0n) is 9.71. The predicted molar refractivity (Wildman–Crippen MR) is 66.0 cm³/mol. The normalized spacial score (nSPS) is 21.7. The van der Waals surface area contributed by atoms with Gasteiger partial charge < -0.3 is 11.1 Å². The number of thioether (sulfide) groups is 1. The zero-order valence-corrected chi connectivity index (χ0v) is 10.5. The highest BCUT2D eigenvalue weighted by Gasteiger charge is 2.17. The maximum atomic E-state index is 11.5. The lowest BCUT2D eigenvalue weighted by Gasteiger charge is -2.18. The third kappa shape index (κ3) is 6.05. The van der Waals surface area contributed by atoms with Crippen LogP contribution in [-0.2, 0) is 4.79 Å². The van der Waals surface area contributed by atoms with Gasteiger partial charge in [0.15, 0.2) is 0 Å². The fourth-order valence-electron chi connectivity index (χ4n) is 1.56. The van der Waals surface area contributed by atoms with E-state index in [-0.39, 0.29) is 11.4 Å². The molecule has 0 aromatic heterocycles. The predicted octanol–water partition coefficient (Wildman–Crippen LogP) is 1.52. The van der Waals surface area contributed by atoms with Crippen LogP contribution in [0.2, 0.25) is 0 Å². The highest BCUT2D eigenvalue weighted by Crippen LogP contribution is 2.25. The van der Waals surface area contributed by atoms with Gasteiger partial charge in [0, 0.05) is 23.8 Å². The summed E-state index contributed by atoms with van der Waals surface area (Å²) in [6.45, 7) is 4.73. The molecule has 0 spiro atoms. The third-order valence-electron chi connectivity index (χ3n) is 2.55. The molecule has 0 radical (unpaired) electrons. The summed E-state index contributed by atoms with van der Waals surface area (Å²) in [6.07, 6.45) is 3.83. The molecule has 1 aliphatic rings.